The van der Waals surface area contributed by atoms with Gasteiger partial charge in [0.15, 0.2) is 0 Å². The third-order valence-corrected chi connectivity index (χ3v) is 8.81. The van der Waals surface area contributed by atoms with Crippen LogP contribution in [-0.2, 0) is 17.4 Å². The van der Waals surface area contributed by atoms with Gasteiger partial charge in [0.1, 0.15) is 0 Å². The van der Waals surface area contributed by atoms with E-state index in [-0.39, 0.29) is 17.4 Å². The van der Waals surface area contributed by atoms with Crippen molar-refractivity contribution in [2.24, 2.45) is 0 Å². The third-order valence-electron chi connectivity index (χ3n) is 6.18. The molecular formula is C26H26AsN3O5P. The molecular weight excluding hydrogens is 540 g/mol. The average molecular weight is 566 g/mol. The second-order valence-corrected chi connectivity index (χ2v) is 12.6. The van der Waals surface area contributed by atoms with Crippen LogP contribution in [0.2, 0.25) is 0 Å². The first kappa shape index (κ1) is 24.8. The van der Waals surface area contributed by atoms with E-state index in [1.54, 1.807) is 6.07 Å². The van der Waals surface area contributed by atoms with Crippen molar-refractivity contribution < 1.29 is 24.0 Å². The summed E-state index contributed by atoms with van der Waals surface area (Å²) in [7, 11) is -4.80. The van der Waals surface area contributed by atoms with Crippen molar-refractivity contribution >= 4 is 32.5 Å². The molecule has 5 rings (SSSR count). The Morgan fingerprint density at radius 2 is 1.75 bits per heavy atom. The van der Waals surface area contributed by atoms with Crippen molar-refractivity contribution in [3.63, 3.8) is 0 Å². The minimum atomic E-state index is -4.80. The summed E-state index contributed by atoms with van der Waals surface area (Å²) in [5, 5.41) is 20.0. The molecule has 0 atom stereocenters. The summed E-state index contributed by atoms with van der Waals surface area (Å²) in [6, 6.07) is 19.5. The van der Waals surface area contributed by atoms with Gasteiger partial charge in [-0.1, -0.05) is 0 Å². The topological polar surface area (TPSA) is 118 Å². The van der Waals surface area contributed by atoms with Crippen molar-refractivity contribution in [1.82, 2.24) is 14.8 Å². The van der Waals surface area contributed by atoms with Crippen molar-refractivity contribution in [3.8, 4) is 28.6 Å². The number of nitrogens with zero attached hydrogens (tertiary/aromatic N) is 3. The molecule has 185 valence electrons. The molecule has 1 aliphatic rings. The van der Waals surface area contributed by atoms with Crippen LogP contribution >= 0.6 is 7.82 Å². The summed E-state index contributed by atoms with van der Waals surface area (Å²) in [5.74, 6) is 0.0906. The number of fused-ring (bicyclic) bond motifs is 1. The van der Waals surface area contributed by atoms with E-state index in [2.05, 4.69) is 40.5 Å². The Bertz CT molecular complexity index is 1470. The molecule has 3 N–H and O–H groups in total. The van der Waals surface area contributed by atoms with Crippen LogP contribution < -0.4 is 13.5 Å². The Hall–Kier alpha value is -2.89. The molecule has 4 aromatic rings. The molecule has 0 amide bonds. The standard InChI is InChI=1S/C26H26AsN3O5P/c1-16(2)21-14-22(23(31)15-24(21)35-36(32,33)34)25-28-29-26(27-19-9-4-3-5-10-19)30(25)20-12-11-17-7-6-8-18(17)13-20/h3-5,9-16,31H,6-8H2,1-2H3,(H2,32,33,34). The maximum absolute atomic E-state index is 11.5. The van der Waals surface area contributed by atoms with Crippen molar-refractivity contribution in [1.29, 1.82) is 0 Å². The van der Waals surface area contributed by atoms with Crippen molar-refractivity contribution in [2.45, 2.75) is 39.0 Å². The van der Waals surface area contributed by atoms with Gasteiger partial charge in [-0.05, 0) is 0 Å². The van der Waals surface area contributed by atoms with Crippen LogP contribution in [0.4, 0.5) is 0 Å². The van der Waals surface area contributed by atoms with Crippen LogP contribution in [0.1, 0.15) is 42.9 Å². The number of hydrogen-bond donors (Lipinski definition) is 3. The number of aryl methyl sites for hydroxylation is 2. The van der Waals surface area contributed by atoms with Gasteiger partial charge in [0.2, 0.25) is 0 Å². The maximum atomic E-state index is 11.5. The van der Waals surface area contributed by atoms with Crippen LogP contribution in [0.25, 0.3) is 17.1 Å². The zero-order chi connectivity index (χ0) is 25.4. The second-order valence-electron chi connectivity index (χ2n) is 9.06. The Labute approximate surface area is 215 Å². The molecule has 10 heteroatoms. The van der Waals surface area contributed by atoms with E-state index < -0.39 is 23.6 Å². The second kappa shape index (κ2) is 9.87. The molecule has 0 unspecified atom stereocenters. The summed E-state index contributed by atoms with van der Waals surface area (Å²) in [6.45, 7) is 3.78. The fourth-order valence-corrected chi connectivity index (χ4v) is 6.91. The first-order valence-electron chi connectivity index (χ1n) is 11.7. The quantitative estimate of drug-likeness (QED) is 0.232. The molecule has 0 fully saturated rings. The van der Waals surface area contributed by atoms with Gasteiger partial charge in [-0.3, -0.25) is 0 Å². The van der Waals surface area contributed by atoms with E-state index in [0.717, 1.165) is 29.6 Å². The predicted octanol–water partition coefficient (Wildman–Crippen LogP) is 3.38. The van der Waals surface area contributed by atoms with Crippen molar-refractivity contribution in [3.05, 3.63) is 77.4 Å². The molecule has 3 aromatic carbocycles. The molecule has 0 saturated carbocycles. The molecule has 1 radical (unpaired) electrons. The molecule has 1 aliphatic carbocycles. The van der Waals surface area contributed by atoms with E-state index in [9.17, 15) is 19.5 Å². The normalized spacial score (nSPS) is 13.6. The summed E-state index contributed by atoms with van der Waals surface area (Å²) < 4.78 is 20.4. The molecule has 0 aliphatic heterocycles. The Kier molecular flexibility index (Phi) is 6.80. The minimum absolute atomic E-state index is 0.0565. The van der Waals surface area contributed by atoms with E-state index in [0.29, 0.717) is 17.0 Å². The molecule has 0 spiro atoms. The number of rotatable bonds is 7. The number of hydrogen-bond acceptors (Lipinski definition) is 5. The third kappa shape index (κ3) is 5.13. The Morgan fingerprint density at radius 3 is 2.47 bits per heavy atom. The number of phosphoric ester groups is 1. The Balaban J connectivity index is 1.68. The van der Waals surface area contributed by atoms with Gasteiger partial charge in [-0.25, -0.2) is 0 Å². The van der Waals surface area contributed by atoms with E-state index >= 15 is 0 Å². The van der Waals surface area contributed by atoms with Gasteiger partial charge < -0.3 is 0 Å². The van der Waals surface area contributed by atoms with E-state index in [4.69, 9.17) is 4.52 Å². The summed E-state index contributed by atoms with van der Waals surface area (Å²) in [6.07, 6.45) is 3.24. The molecule has 8 nitrogen and oxygen atoms in total. The van der Waals surface area contributed by atoms with Crippen LogP contribution in [0.5, 0.6) is 11.5 Å². The Morgan fingerprint density at radius 1 is 1.00 bits per heavy atom. The van der Waals surface area contributed by atoms with Crippen LogP contribution in [-0.4, -0.2) is 45.4 Å². The first-order valence-corrected chi connectivity index (χ1v) is 15.1. The van der Waals surface area contributed by atoms with Gasteiger partial charge in [0, 0.05) is 0 Å². The van der Waals surface area contributed by atoms with Gasteiger partial charge in [-0.2, -0.15) is 0 Å². The molecule has 1 aromatic heterocycles. The van der Waals surface area contributed by atoms with Crippen LogP contribution in [0, 0.1) is 0 Å². The average Bonchev–Trinajstić information content (AvgIpc) is 3.45. The summed E-state index contributed by atoms with van der Waals surface area (Å²) >= 11 is -0.493. The molecule has 1 heterocycles. The van der Waals surface area contributed by atoms with Gasteiger partial charge in [0.05, 0.1) is 0 Å². The summed E-state index contributed by atoms with van der Waals surface area (Å²) in [5.41, 5.74) is 4.57. The first-order chi connectivity index (χ1) is 17.2. The molecule has 0 saturated heterocycles. The number of benzene rings is 3. The van der Waals surface area contributed by atoms with Crippen molar-refractivity contribution in [2.75, 3.05) is 0 Å². The predicted molar refractivity (Wildman–Crippen MR) is 139 cm³/mol. The van der Waals surface area contributed by atoms with E-state index in [1.165, 1.54) is 21.5 Å². The number of phenolic OH excluding ortho intramolecular Hbond substituents is 1. The fraction of sp³-hybridized carbons (Fsp3) is 0.231. The van der Waals surface area contributed by atoms with Crippen LogP contribution in [0.3, 0.4) is 0 Å². The van der Waals surface area contributed by atoms with Gasteiger partial charge >= 0.3 is 216 Å². The summed E-state index contributed by atoms with van der Waals surface area (Å²) in [4.78, 5) is 18.7. The zero-order valence-electron chi connectivity index (χ0n) is 19.9. The molecule has 0 bridgehead atoms. The SMILES string of the molecule is CC(C)c1cc(-c2nnc([As]c3ccccc3)n2-c2ccc3c(c2)CCC3)c(O)cc1OP(=O)(O)O. The number of phenols is 1. The fourth-order valence-electron chi connectivity index (χ4n) is 4.50. The number of aromatic nitrogens is 3. The van der Waals surface area contributed by atoms with Gasteiger partial charge in [0.25, 0.3) is 0 Å². The number of phosphoric acid groups is 1. The monoisotopic (exact) mass is 566 g/mol. The molecule has 36 heavy (non-hydrogen) atoms. The zero-order valence-corrected chi connectivity index (χ0v) is 22.6. The number of aromatic hydroxyl groups is 1. The van der Waals surface area contributed by atoms with Crippen LogP contribution in [0.15, 0.2) is 60.7 Å². The van der Waals surface area contributed by atoms with Gasteiger partial charge in [-0.15, -0.1) is 0 Å². The van der Waals surface area contributed by atoms with E-state index in [1.807, 2.05) is 36.6 Å².